The fourth-order valence-electron chi connectivity index (χ4n) is 5.32. The molecule has 0 unspecified atom stereocenters. The van der Waals surface area contributed by atoms with Crippen molar-refractivity contribution in [3.05, 3.63) is 47.3 Å². The second-order valence-electron chi connectivity index (χ2n) is 10.8. The first-order valence-corrected chi connectivity index (χ1v) is 16.4. The number of alkyl halides is 4. The zero-order chi connectivity index (χ0) is 31.1. The summed E-state index contributed by atoms with van der Waals surface area (Å²) in [4.78, 5) is 19.3. The molecular formula is C27H29F4N9O2S2. The number of thiazole rings is 1. The summed E-state index contributed by atoms with van der Waals surface area (Å²) in [5.41, 5.74) is 7.32. The van der Waals surface area contributed by atoms with E-state index in [4.69, 9.17) is 10.7 Å². The van der Waals surface area contributed by atoms with Gasteiger partial charge in [0, 0.05) is 53.7 Å². The van der Waals surface area contributed by atoms with Gasteiger partial charge in [0.1, 0.15) is 18.3 Å². The van der Waals surface area contributed by atoms with Gasteiger partial charge in [-0.3, -0.25) is 0 Å². The summed E-state index contributed by atoms with van der Waals surface area (Å²) in [5.74, 6) is 1.16. The van der Waals surface area contributed by atoms with Crippen LogP contribution in [0.5, 0.6) is 0 Å². The molecule has 2 aliphatic rings. The quantitative estimate of drug-likeness (QED) is 0.229. The standard InChI is InChI=1S/C27H29F4N9O2S2/c28-8-10-33-17-1-3-18(4-2-17)40(24-11-21(32)20(13-35-24)22-15-43-26(37-22)27(29,30)31)23-7-9-34-25(38-23)16-12-36-39(14-16)44(41,42)19-5-6-19/h7,9,11-15,17-19,33H,1-6,8,10H2,(H2,32,35). The Hall–Kier alpha value is -3.70. The lowest BCUT2D eigenvalue weighted by atomic mass is 9.90. The van der Waals surface area contributed by atoms with Crippen molar-refractivity contribution < 1.29 is 26.0 Å². The number of aromatic nitrogens is 6. The summed E-state index contributed by atoms with van der Waals surface area (Å²) in [6.07, 6.45) is 5.37. The monoisotopic (exact) mass is 651 g/mol. The molecule has 0 aromatic carbocycles. The van der Waals surface area contributed by atoms with E-state index in [1.165, 1.54) is 24.0 Å². The van der Waals surface area contributed by atoms with Gasteiger partial charge in [-0.2, -0.15) is 22.4 Å². The minimum Gasteiger partial charge on any atom is -0.398 e. The Bertz CT molecular complexity index is 1730. The molecule has 0 amide bonds. The normalized spacial score (nSPS) is 19.3. The number of nitrogens with one attached hydrogen (secondary N) is 1. The van der Waals surface area contributed by atoms with Crippen LogP contribution in [0.1, 0.15) is 43.5 Å². The second kappa shape index (κ2) is 12.0. The van der Waals surface area contributed by atoms with Gasteiger partial charge in [0.15, 0.2) is 10.8 Å². The highest BCUT2D eigenvalue weighted by molar-refractivity contribution is 7.90. The van der Waals surface area contributed by atoms with Crippen LogP contribution in [0.2, 0.25) is 0 Å². The molecule has 0 saturated heterocycles. The maximum Gasteiger partial charge on any atom is 0.443 e. The summed E-state index contributed by atoms with van der Waals surface area (Å²) in [6.45, 7) is -0.169. The third-order valence-electron chi connectivity index (χ3n) is 7.69. The largest absolute Gasteiger partial charge is 0.443 e. The molecule has 0 spiro atoms. The number of hydrogen-bond acceptors (Lipinski definition) is 11. The van der Waals surface area contributed by atoms with Crippen molar-refractivity contribution in [1.29, 1.82) is 0 Å². The molecule has 2 saturated carbocycles. The fraction of sp³-hybridized carbons (Fsp3) is 0.444. The van der Waals surface area contributed by atoms with Gasteiger partial charge >= 0.3 is 6.18 Å². The molecule has 3 N–H and O–H groups in total. The van der Waals surface area contributed by atoms with Crippen molar-refractivity contribution in [1.82, 2.24) is 34.4 Å². The van der Waals surface area contributed by atoms with E-state index in [-0.39, 0.29) is 41.4 Å². The van der Waals surface area contributed by atoms with Crippen LogP contribution in [0, 0.1) is 0 Å². The number of anilines is 3. The van der Waals surface area contributed by atoms with E-state index in [1.807, 2.05) is 4.90 Å². The summed E-state index contributed by atoms with van der Waals surface area (Å²) in [6, 6.07) is 3.35. The molecular weight excluding hydrogens is 622 g/mol. The Morgan fingerprint density at radius 1 is 1.07 bits per heavy atom. The molecule has 4 heterocycles. The molecule has 2 fully saturated rings. The summed E-state index contributed by atoms with van der Waals surface area (Å²) < 4.78 is 78.5. The smallest absolute Gasteiger partial charge is 0.398 e. The van der Waals surface area contributed by atoms with Crippen LogP contribution in [-0.2, 0) is 16.2 Å². The molecule has 17 heteroatoms. The van der Waals surface area contributed by atoms with Gasteiger partial charge in [-0.05, 0) is 44.6 Å². The average Bonchev–Trinajstić information content (AvgIpc) is 3.53. The summed E-state index contributed by atoms with van der Waals surface area (Å²) in [7, 11) is -3.57. The van der Waals surface area contributed by atoms with Crippen molar-refractivity contribution in [2.24, 2.45) is 0 Å². The number of nitrogens with zero attached hydrogens (tertiary/aromatic N) is 7. The van der Waals surface area contributed by atoms with E-state index in [0.717, 1.165) is 16.9 Å². The van der Waals surface area contributed by atoms with Crippen LogP contribution in [0.25, 0.3) is 22.6 Å². The number of nitrogens with two attached hydrogens (primary N) is 1. The lowest BCUT2D eigenvalue weighted by Crippen LogP contribution is -2.41. The van der Waals surface area contributed by atoms with Crippen molar-refractivity contribution in [2.45, 2.75) is 62.0 Å². The minimum absolute atomic E-state index is 0.0763. The van der Waals surface area contributed by atoms with Gasteiger partial charge in [-0.15, -0.1) is 11.3 Å². The molecule has 234 valence electrons. The second-order valence-corrected chi connectivity index (χ2v) is 13.7. The van der Waals surface area contributed by atoms with Crippen LogP contribution in [0.3, 0.4) is 0 Å². The lowest BCUT2D eigenvalue weighted by molar-refractivity contribution is -0.137. The Labute approximate surface area is 254 Å². The number of nitrogen functional groups attached to an aromatic ring is 1. The lowest BCUT2D eigenvalue weighted by Gasteiger charge is -2.37. The Morgan fingerprint density at radius 3 is 2.50 bits per heavy atom. The predicted octanol–water partition coefficient (Wildman–Crippen LogP) is 4.81. The van der Waals surface area contributed by atoms with Crippen molar-refractivity contribution in [3.63, 3.8) is 0 Å². The van der Waals surface area contributed by atoms with Crippen LogP contribution in [-0.4, -0.2) is 68.1 Å². The fourth-order valence-corrected chi connectivity index (χ4v) is 7.49. The van der Waals surface area contributed by atoms with E-state index in [2.05, 4.69) is 25.4 Å². The van der Waals surface area contributed by atoms with Crippen molar-refractivity contribution >= 4 is 38.7 Å². The molecule has 6 rings (SSSR count). The SMILES string of the molecule is Nc1cc(N(c2ccnc(-c3cnn(S(=O)(=O)C4CC4)c3)n2)C2CCC(NCCF)CC2)ncc1-c1csc(C(F)(F)F)n1. The number of rotatable bonds is 10. The van der Waals surface area contributed by atoms with E-state index in [0.29, 0.717) is 54.2 Å². The van der Waals surface area contributed by atoms with Gasteiger partial charge < -0.3 is 16.0 Å². The van der Waals surface area contributed by atoms with Gasteiger partial charge in [0.2, 0.25) is 0 Å². The van der Waals surface area contributed by atoms with Crippen LogP contribution in [0.4, 0.5) is 34.9 Å². The van der Waals surface area contributed by atoms with Gasteiger partial charge in [-0.25, -0.2) is 32.7 Å². The maximum atomic E-state index is 13.2. The first-order chi connectivity index (χ1) is 21.0. The topological polar surface area (TPSA) is 145 Å². The maximum absolute atomic E-state index is 13.2. The summed E-state index contributed by atoms with van der Waals surface area (Å²) >= 11 is 0.483. The Balaban J connectivity index is 1.33. The van der Waals surface area contributed by atoms with Crippen LogP contribution in [0.15, 0.2) is 42.3 Å². The molecule has 4 aromatic rings. The van der Waals surface area contributed by atoms with Gasteiger partial charge in [0.25, 0.3) is 10.0 Å². The zero-order valence-electron chi connectivity index (χ0n) is 23.3. The highest BCUT2D eigenvalue weighted by atomic mass is 32.2. The van der Waals surface area contributed by atoms with Crippen LogP contribution < -0.4 is 16.0 Å². The molecule has 4 aromatic heterocycles. The highest BCUT2D eigenvalue weighted by Gasteiger charge is 2.38. The van der Waals surface area contributed by atoms with Gasteiger partial charge in [0.05, 0.1) is 28.9 Å². The van der Waals surface area contributed by atoms with E-state index >= 15 is 0 Å². The van der Waals surface area contributed by atoms with E-state index in [1.54, 1.807) is 18.3 Å². The molecule has 0 bridgehead atoms. The molecule has 0 atom stereocenters. The van der Waals surface area contributed by atoms with Crippen molar-refractivity contribution in [3.8, 4) is 22.6 Å². The number of halogens is 4. The number of hydrogen-bond donors (Lipinski definition) is 2. The van der Waals surface area contributed by atoms with Crippen LogP contribution >= 0.6 is 11.3 Å². The highest BCUT2D eigenvalue weighted by Crippen LogP contribution is 2.38. The molecule has 11 nitrogen and oxygen atoms in total. The average molecular weight is 652 g/mol. The van der Waals surface area contributed by atoms with E-state index < -0.39 is 33.1 Å². The summed E-state index contributed by atoms with van der Waals surface area (Å²) in [5, 5.41) is 7.14. The predicted molar refractivity (Wildman–Crippen MR) is 158 cm³/mol. The third-order valence-corrected chi connectivity index (χ3v) is 10.6. The minimum atomic E-state index is -4.57. The van der Waals surface area contributed by atoms with E-state index in [9.17, 15) is 26.0 Å². The molecule has 2 aliphatic carbocycles. The molecule has 44 heavy (non-hydrogen) atoms. The third kappa shape index (κ3) is 6.25. The molecule has 0 aliphatic heterocycles. The number of pyridine rings is 1. The first kappa shape index (κ1) is 30.3. The van der Waals surface area contributed by atoms with Crippen molar-refractivity contribution in [2.75, 3.05) is 23.9 Å². The Morgan fingerprint density at radius 2 is 1.84 bits per heavy atom. The Kier molecular flexibility index (Phi) is 8.27. The first-order valence-electron chi connectivity index (χ1n) is 14.0. The molecule has 0 radical (unpaired) electrons. The zero-order valence-corrected chi connectivity index (χ0v) is 24.9. The van der Waals surface area contributed by atoms with Gasteiger partial charge in [-0.1, -0.05) is 0 Å².